The highest BCUT2D eigenvalue weighted by molar-refractivity contribution is 4.93. The van der Waals surface area contributed by atoms with Crippen LogP contribution >= 0.6 is 0 Å². The van der Waals surface area contributed by atoms with Crippen molar-refractivity contribution in [2.75, 3.05) is 45.9 Å². The number of ether oxygens (including phenoxy) is 1. The van der Waals surface area contributed by atoms with Gasteiger partial charge in [-0.2, -0.15) is 0 Å². The molecular weight excluding hydrogens is 266 g/mol. The summed E-state index contributed by atoms with van der Waals surface area (Å²) < 4.78 is 7.36. The molecule has 0 amide bonds. The van der Waals surface area contributed by atoms with Gasteiger partial charge in [0.25, 0.3) is 0 Å². The molecule has 1 saturated heterocycles. The maximum atomic E-state index is 5.48. The van der Waals surface area contributed by atoms with Gasteiger partial charge in [0.05, 0.1) is 18.8 Å². The average Bonchev–Trinajstić information content (AvgIpc) is 2.94. The maximum Gasteiger partial charge on any atom is 0.0967 e. The Morgan fingerprint density at radius 3 is 2.48 bits per heavy atom. The molecule has 21 heavy (non-hydrogen) atoms. The van der Waals surface area contributed by atoms with Gasteiger partial charge in [-0.05, 0) is 19.4 Å². The van der Waals surface area contributed by atoms with Crippen LogP contribution in [0.25, 0.3) is 0 Å². The van der Waals surface area contributed by atoms with Crippen LogP contribution in [-0.4, -0.2) is 70.7 Å². The molecule has 1 aromatic rings. The first-order valence-electron chi connectivity index (χ1n) is 8.23. The molecule has 0 radical (unpaired) electrons. The third-order valence-electron chi connectivity index (χ3n) is 3.79. The van der Waals surface area contributed by atoms with Gasteiger partial charge in [-0.1, -0.05) is 19.1 Å². The molecule has 0 aliphatic carbocycles. The molecule has 2 rings (SSSR count). The first-order chi connectivity index (χ1) is 10.3. The van der Waals surface area contributed by atoms with Crippen LogP contribution in [-0.2, 0) is 17.8 Å². The molecule has 1 fully saturated rings. The Morgan fingerprint density at radius 2 is 1.76 bits per heavy atom. The molecular formula is C15H29N5O. The quantitative estimate of drug-likeness (QED) is 0.641. The van der Waals surface area contributed by atoms with E-state index in [-0.39, 0.29) is 0 Å². The summed E-state index contributed by atoms with van der Waals surface area (Å²) >= 11 is 0. The lowest BCUT2D eigenvalue weighted by Gasteiger charge is -2.33. The van der Waals surface area contributed by atoms with E-state index >= 15 is 0 Å². The molecule has 6 heteroatoms. The van der Waals surface area contributed by atoms with Gasteiger partial charge in [-0.15, -0.1) is 5.10 Å². The van der Waals surface area contributed by atoms with E-state index in [0.717, 1.165) is 44.9 Å². The molecule has 1 aromatic heterocycles. The van der Waals surface area contributed by atoms with Gasteiger partial charge < -0.3 is 9.64 Å². The summed E-state index contributed by atoms with van der Waals surface area (Å²) in [6, 6.07) is 0. The molecule has 0 unspecified atom stereocenters. The molecule has 1 aliphatic rings. The zero-order valence-corrected chi connectivity index (χ0v) is 13.5. The molecule has 1 aliphatic heterocycles. The highest BCUT2D eigenvalue weighted by atomic mass is 16.5. The van der Waals surface area contributed by atoms with Crippen LogP contribution in [0.2, 0.25) is 0 Å². The minimum absolute atomic E-state index is 0.715. The van der Waals surface area contributed by atoms with Crippen molar-refractivity contribution < 1.29 is 4.74 Å². The van der Waals surface area contributed by atoms with Crippen LogP contribution < -0.4 is 0 Å². The van der Waals surface area contributed by atoms with Crippen molar-refractivity contribution in [3.8, 4) is 0 Å². The van der Waals surface area contributed by atoms with E-state index < -0.39 is 0 Å². The largest absolute Gasteiger partial charge is 0.380 e. The number of nitrogens with zero attached hydrogens (tertiary/aromatic N) is 5. The summed E-state index contributed by atoms with van der Waals surface area (Å²) in [5, 5.41) is 8.44. The monoisotopic (exact) mass is 295 g/mol. The van der Waals surface area contributed by atoms with Crippen molar-refractivity contribution >= 4 is 0 Å². The van der Waals surface area contributed by atoms with Gasteiger partial charge in [-0.25, -0.2) is 4.68 Å². The van der Waals surface area contributed by atoms with Crippen molar-refractivity contribution in [3.05, 3.63) is 11.9 Å². The van der Waals surface area contributed by atoms with Crippen LogP contribution in [0.5, 0.6) is 0 Å². The summed E-state index contributed by atoms with van der Waals surface area (Å²) in [5.41, 5.74) is 1.06. The van der Waals surface area contributed by atoms with Crippen molar-refractivity contribution in [2.45, 2.75) is 39.8 Å². The number of aromatic nitrogens is 3. The normalized spacial score (nSPS) is 17.4. The van der Waals surface area contributed by atoms with E-state index in [1.165, 1.54) is 26.1 Å². The number of hydrogen-bond acceptors (Lipinski definition) is 5. The average molecular weight is 295 g/mol. The fourth-order valence-electron chi connectivity index (χ4n) is 2.64. The van der Waals surface area contributed by atoms with Crippen LogP contribution in [0.4, 0.5) is 0 Å². The minimum Gasteiger partial charge on any atom is -0.380 e. The van der Waals surface area contributed by atoms with Gasteiger partial charge in [0.2, 0.25) is 0 Å². The fraction of sp³-hybridized carbons (Fsp3) is 0.867. The topological polar surface area (TPSA) is 46.4 Å². The number of rotatable bonds is 9. The van der Waals surface area contributed by atoms with E-state index in [0.29, 0.717) is 6.61 Å². The Bertz CT molecular complexity index is 387. The zero-order valence-electron chi connectivity index (χ0n) is 13.5. The number of piperazine rings is 1. The standard InChI is InChI=1S/C15H29N5O/c1-3-5-18-6-8-19(9-7-18)13-15-14-20(17-16-15)10-12-21-11-4-2/h14H,3-13H2,1-2H3. The highest BCUT2D eigenvalue weighted by Gasteiger charge is 2.17. The van der Waals surface area contributed by atoms with Gasteiger partial charge in [0.1, 0.15) is 0 Å². The van der Waals surface area contributed by atoms with Crippen LogP contribution in [0.1, 0.15) is 32.4 Å². The lowest BCUT2D eigenvalue weighted by molar-refractivity contribution is 0.123. The molecule has 0 N–H and O–H groups in total. The van der Waals surface area contributed by atoms with Crippen LogP contribution in [0.15, 0.2) is 6.20 Å². The number of hydrogen-bond donors (Lipinski definition) is 0. The minimum atomic E-state index is 0.715. The van der Waals surface area contributed by atoms with Crippen molar-refractivity contribution in [3.63, 3.8) is 0 Å². The van der Waals surface area contributed by atoms with E-state index in [2.05, 4.69) is 34.0 Å². The molecule has 120 valence electrons. The lowest BCUT2D eigenvalue weighted by Crippen LogP contribution is -2.46. The second-order valence-corrected chi connectivity index (χ2v) is 5.70. The Hall–Kier alpha value is -0.980. The molecule has 0 atom stereocenters. The Morgan fingerprint density at radius 1 is 1.00 bits per heavy atom. The Balaban J connectivity index is 1.68. The molecule has 0 aromatic carbocycles. The first kappa shape index (κ1) is 16.4. The molecule has 6 nitrogen and oxygen atoms in total. The molecule has 0 spiro atoms. The van der Waals surface area contributed by atoms with E-state index in [9.17, 15) is 0 Å². The Kier molecular flexibility index (Phi) is 7.12. The predicted octanol–water partition coefficient (Wildman–Crippen LogP) is 1.23. The van der Waals surface area contributed by atoms with Gasteiger partial charge in [0.15, 0.2) is 0 Å². The second-order valence-electron chi connectivity index (χ2n) is 5.70. The fourth-order valence-corrected chi connectivity index (χ4v) is 2.64. The van der Waals surface area contributed by atoms with E-state index in [4.69, 9.17) is 4.74 Å². The summed E-state index contributed by atoms with van der Waals surface area (Å²) in [6.07, 6.45) is 4.36. The van der Waals surface area contributed by atoms with Crippen molar-refractivity contribution in [1.29, 1.82) is 0 Å². The Labute approximate surface area is 128 Å². The van der Waals surface area contributed by atoms with E-state index in [1.807, 2.05) is 10.9 Å². The second kappa shape index (κ2) is 9.12. The third-order valence-corrected chi connectivity index (χ3v) is 3.79. The van der Waals surface area contributed by atoms with Crippen molar-refractivity contribution in [2.24, 2.45) is 0 Å². The van der Waals surface area contributed by atoms with Gasteiger partial charge in [-0.3, -0.25) is 4.90 Å². The van der Waals surface area contributed by atoms with Crippen molar-refractivity contribution in [1.82, 2.24) is 24.8 Å². The third kappa shape index (κ3) is 5.73. The first-order valence-corrected chi connectivity index (χ1v) is 8.23. The summed E-state index contributed by atoms with van der Waals surface area (Å²) in [7, 11) is 0. The predicted molar refractivity (Wildman–Crippen MR) is 83.1 cm³/mol. The molecule has 0 saturated carbocycles. The summed E-state index contributed by atoms with van der Waals surface area (Å²) in [4.78, 5) is 5.01. The van der Waals surface area contributed by atoms with Gasteiger partial charge in [0, 0.05) is 45.5 Å². The SMILES string of the molecule is CCCOCCn1cc(CN2CCN(CCC)CC2)nn1. The maximum absolute atomic E-state index is 5.48. The smallest absolute Gasteiger partial charge is 0.0967 e. The molecule has 2 heterocycles. The van der Waals surface area contributed by atoms with Gasteiger partial charge >= 0.3 is 0 Å². The lowest BCUT2D eigenvalue weighted by atomic mass is 10.3. The van der Waals surface area contributed by atoms with Crippen LogP contribution in [0, 0.1) is 0 Å². The zero-order chi connectivity index (χ0) is 14.9. The highest BCUT2D eigenvalue weighted by Crippen LogP contribution is 2.06. The summed E-state index contributed by atoms with van der Waals surface area (Å²) in [6.45, 7) is 13.4. The van der Waals surface area contributed by atoms with Crippen LogP contribution in [0.3, 0.4) is 0 Å². The summed E-state index contributed by atoms with van der Waals surface area (Å²) in [5.74, 6) is 0. The van der Waals surface area contributed by atoms with E-state index in [1.54, 1.807) is 0 Å². The molecule has 0 bridgehead atoms.